The Morgan fingerprint density at radius 3 is 2.93 bits per heavy atom. The van der Waals surface area contributed by atoms with Gasteiger partial charge in [0.1, 0.15) is 5.82 Å². The van der Waals surface area contributed by atoms with Gasteiger partial charge in [0.2, 0.25) is 0 Å². The summed E-state index contributed by atoms with van der Waals surface area (Å²) in [5.74, 6) is -0.235. The van der Waals surface area contributed by atoms with Gasteiger partial charge in [-0.05, 0) is 19.1 Å². The van der Waals surface area contributed by atoms with E-state index in [4.69, 9.17) is 23.2 Å². The topological polar surface area (TPSA) is 12.0 Å². The quantitative estimate of drug-likeness (QED) is 0.837. The van der Waals surface area contributed by atoms with E-state index in [9.17, 15) is 4.39 Å². The maximum atomic E-state index is 13.1. The molecule has 1 N–H and O–H groups in total. The van der Waals surface area contributed by atoms with Crippen LogP contribution in [0.15, 0.2) is 28.8 Å². The number of halogens is 3. The molecule has 0 atom stereocenters. The fourth-order valence-corrected chi connectivity index (χ4v) is 1.16. The molecule has 1 aromatic carbocycles. The lowest BCUT2D eigenvalue weighted by molar-refractivity contribution is 0.619. The molecule has 1 aromatic rings. The summed E-state index contributed by atoms with van der Waals surface area (Å²) in [5, 5.41) is 3.46. The molecule has 0 saturated heterocycles. The number of hydrogen-bond acceptors (Lipinski definition) is 1. The van der Waals surface area contributed by atoms with Crippen molar-refractivity contribution >= 4 is 28.9 Å². The third-order valence-corrected chi connectivity index (χ3v) is 2.45. The zero-order chi connectivity index (χ0) is 10.6. The molecule has 0 aliphatic heterocycles. The first-order chi connectivity index (χ1) is 6.65. The van der Waals surface area contributed by atoms with Gasteiger partial charge in [-0.2, -0.15) is 0 Å². The number of hydrogen-bond donors (Lipinski definition) is 1. The van der Waals surface area contributed by atoms with Crippen molar-refractivity contribution < 1.29 is 4.39 Å². The normalized spacial score (nSPS) is 11.6. The SMILES string of the molecule is Cc1c(F)cccc1NCC(Cl)=CCl. The van der Waals surface area contributed by atoms with E-state index in [2.05, 4.69) is 5.32 Å². The van der Waals surface area contributed by atoms with Gasteiger partial charge < -0.3 is 5.32 Å². The predicted octanol–water partition coefficient (Wildman–Crippen LogP) is 3.87. The summed E-state index contributed by atoms with van der Waals surface area (Å²) in [6, 6.07) is 4.85. The van der Waals surface area contributed by atoms with Crippen molar-refractivity contribution in [1.29, 1.82) is 0 Å². The van der Waals surface area contributed by atoms with Crippen LogP contribution < -0.4 is 5.32 Å². The second-order valence-electron chi connectivity index (χ2n) is 2.82. The molecule has 4 heteroatoms. The van der Waals surface area contributed by atoms with E-state index < -0.39 is 0 Å². The number of nitrogens with one attached hydrogen (secondary N) is 1. The first-order valence-corrected chi connectivity index (χ1v) is 4.90. The van der Waals surface area contributed by atoms with Crippen molar-refractivity contribution in [2.45, 2.75) is 6.92 Å². The highest BCUT2D eigenvalue weighted by Crippen LogP contribution is 2.18. The highest BCUT2D eigenvalue weighted by Gasteiger charge is 2.02. The van der Waals surface area contributed by atoms with Crippen LogP contribution in [0.4, 0.5) is 10.1 Å². The molecule has 0 bridgehead atoms. The fourth-order valence-electron chi connectivity index (χ4n) is 1.02. The lowest BCUT2D eigenvalue weighted by Gasteiger charge is -2.08. The van der Waals surface area contributed by atoms with Crippen LogP contribution in [0.25, 0.3) is 0 Å². The van der Waals surface area contributed by atoms with Gasteiger partial charge in [-0.3, -0.25) is 0 Å². The third kappa shape index (κ3) is 2.89. The Bertz CT molecular complexity index is 350. The molecule has 0 aliphatic rings. The van der Waals surface area contributed by atoms with Crippen LogP contribution in [0.3, 0.4) is 0 Å². The van der Waals surface area contributed by atoms with Crippen LogP contribution in [-0.4, -0.2) is 6.54 Å². The summed E-state index contributed by atoms with van der Waals surface area (Å²) in [4.78, 5) is 0. The van der Waals surface area contributed by atoms with Gasteiger partial charge in [0.25, 0.3) is 0 Å². The molecule has 76 valence electrons. The first-order valence-electron chi connectivity index (χ1n) is 4.09. The minimum atomic E-state index is -0.235. The third-order valence-electron chi connectivity index (χ3n) is 1.83. The summed E-state index contributed by atoms with van der Waals surface area (Å²) in [6.07, 6.45) is 0. The second-order valence-corrected chi connectivity index (χ2v) is 3.53. The Morgan fingerprint density at radius 1 is 1.57 bits per heavy atom. The van der Waals surface area contributed by atoms with Crippen LogP contribution in [0, 0.1) is 12.7 Å². The predicted molar refractivity (Wildman–Crippen MR) is 59.4 cm³/mol. The Labute approximate surface area is 92.5 Å². The van der Waals surface area contributed by atoms with E-state index in [1.807, 2.05) is 0 Å². The molecule has 0 aromatic heterocycles. The molecular formula is C10H10Cl2FN. The summed E-state index contributed by atoms with van der Waals surface area (Å²) in [5.41, 5.74) is 2.58. The number of rotatable bonds is 3. The standard InChI is InChI=1S/C10H10Cl2FN/c1-7-9(13)3-2-4-10(7)14-6-8(12)5-11/h2-5,14H,6H2,1H3. The highest BCUT2D eigenvalue weighted by atomic mass is 35.5. The number of anilines is 1. The summed E-state index contributed by atoms with van der Waals surface area (Å²) in [6.45, 7) is 2.10. The maximum absolute atomic E-state index is 13.1. The van der Waals surface area contributed by atoms with Crippen molar-refractivity contribution in [1.82, 2.24) is 0 Å². The maximum Gasteiger partial charge on any atom is 0.128 e. The van der Waals surface area contributed by atoms with Crippen molar-refractivity contribution in [2.75, 3.05) is 11.9 Å². The van der Waals surface area contributed by atoms with Crippen molar-refractivity contribution in [3.8, 4) is 0 Å². The molecule has 0 spiro atoms. The van der Waals surface area contributed by atoms with Crippen LogP contribution in [-0.2, 0) is 0 Å². The molecule has 0 amide bonds. The summed E-state index contributed by atoms with van der Waals surface area (Å²) < 4.78 is 13.1. The fraction of sp³-hybridized carbons (Fsp3) is 0.200. The van der Waals surface area contributed by atoms with Crippen LogP contribution in [0.1, 0.15) is 5.56 Å². The summed E-state index contributed by atoms with van der Waals surface area (Å²) in [7, 11) is 0. The molecular weight excluding hydrogens is 224 g/mol. The number of benzene rings is 1. The molecule has 0 saturated carbocycles. The zero-order valence-electron chi connectivity index (χ0n) is 7.65. The van der Waals surface area contributed by atoms with Gasteiger partial charge in [-0.1, -0.05) is 29.3 Å². The Hall–Kier alpha value is -0.730. The minimum absolute atomic E-state index is 0.235. The highest BCUT2D eigenvalue weighted by molar-refractivity contribution is 6.36. The van der Waals surface area contributed by atoms with Gasteiger partial charge in [0.05, 0.1) is 6.54 Å². The Morgan fingerprint density at radius 2 is 2.29 bits per heavy atom. The average molecular weight is 234 g/mol. The minimum Gasteiger partial charge on any atom is -0.380 e. The zero-order valence-corrected chi connectivity index (χ0v) is 9.16. The molecule has 1 nitrogen and oxygen atoms in total. The van der Waals surface area contributed by atoms with Crippen molar-refractivity contribution in [2.24, 2.45) is 0 Å². The van der Waals surface area contributed by atoms with Gasteiger partial charge in [0, 0.05) is 21.8 Å². The Balaban J connectivity index is 2.73. The smallest absolute Gasteiger partial charge is 0.128 e. The Kier molecular flexibility index (Phi) is 4.23. The lowest BCUT2D eigenvalue weighted by Crippen LogP contribution is -2.03. The van der Waals surface area contributed by atoms with Gasteiger partial charge in [0.15, 0.2) is 0 Å². The van der Waals surface area contributed by atoms with E-state index in [0.717, 1.165) is 5.69 Å². The average Bonchev–Trinajstić information content (AvgIpc) is 2.20. The van der Waals surface area contributed by atoms with Gasteiger partial charge in [-0.15, -0.1) is 0 Å². The second kappa shape index (κ2) is 5.23. The monoisotopic (exact) mass is 233 g/mol. The lowest BCUT2D eigenvalue weighted by atomic mass is 10.2. The van der Waals surface area contributed by atoms with Crippen LogP contribution in [0.5, 0.6) is 0 Å². The van der Waals surface area contributed by atoms with E-state index >= 15 is 0 Å². The van der Waals surface area contributed by atoms with Gasteiger partial charge in [-0.25, -0.2) is 4.39 Å². The van der Waals surface area contributed by atoms with Crippen molar-refractivity contribution in [3.63, 3.8) is 0 Å². The first kappa shape index (κ1) is 11.3. The molecule has 0 aliphatic carbocycles. The van der Waals surface area contributed by atoms with Crippen LogP contribution in [0.2, 0.25) is 0 Å². The molecule has 0 unspecified atom stereocenters. The molecule has 0 fully saturated rings. The van der Waals surface area contributed by atoms with E-state index in [1.165, 1.54) is 11.6 Å². The van der Waals surface area contributed by atoms with Crippen molar-refractivity contribution in [3.05, 3.63) is 40.1 Å². The van der Waals surface area contributed by atoms with E-state index in [0.29, 0.717) is 17.1 Å². The molecule has 0 heterocycles. The summed E-state index contributed by atoms with van der Waals surface area (Å²) >= 11 is 11.1. The molecule has 1 rings (SSSR count). The van der Waals surface area contributed by atoms with E-state index in [1.54, 1.807) is 19.1 Å². The van der Waals surface area contributed by atoms with Gasteiger partial charge >= 0.3 is 0 Å². The van der Waals surface area contributed by atoms with E-state index in [-0.39, 0.29) is 5.82 Å². The molecule has 14 heavy (non-hydrogen) atoms. The largest absolute Gasteiger partial charge is 0.380 e. The van der Waals surface area contributed by atoms with Crippen LogP contribution >= 0.6 is 23.2 Å². The molecule has 0 radical (unpaired) electrons.